The standard InChI is InChI=1S/C37H31N7O.C35H28N6.C31H28N6O2S.3CH4/c38-37(21-7-22-37)26-17-13-25(14-18-26)33-32(24-15-19-28(20-16-24)41-36(45)40-27-8-2-1-3-9-27)43-35-29-10-4-5-11-30(29)42-34-31(44(33)35)12-6-23-39-34;36-35(18-5-19-35)27-16-14-25(15-17-27)32-31(24-12-10-23(11-13-24)26-6-3-20-37-22-26)40-34-28-7-1-2-8-29(28)39-33-30(41(32)34)9-4-21-38-33;1-40(38,39)36-23-15-11-20(12-16-23)27-28(21-9-13-22(14-10-21)31(32)17-5-18-31)37-26-8-4-19-33-29(26)34-25-7-3-2-6-24(25)30(37)35-27;;;/h1-6,8-20,23H,7,21-22,38H2,(H,39,42)(H2,40,41,45);1-4,6-17,20-22H,5,18-19,36H2,(H,38,39);2-4,6-16,19,36H,5,17-18,32H2,1H3,(H,33,34);3*1H4. The summed E-state index contributed by atoms with van der Waals surface area (Å²) < 4.78 is 32.7. The highest BCUT2D eigenvalue weighted by atomic mass is 32.2. The largest absolute Gasteiger partial charge is 0.338 e. The van der Waals surface area contributed by atoms with Crippen molar-refractivity contribution in [1.82, 2.24) is 48.6 Å². The molecular formula is C106H99N19O3S. The number of carbonyl (C=O) groups is 1. The van der Waals surface area contributed by atoms with Crippen molar-refractivity contribution in [1.29, 1.82) is 0 Å². The number of fused-ring (bicyclic) bond motifs is 15. The molecule has 10 aromatic carbocycles. The highest BCUT2D eigenvalue weighted by molar-refractivity contribution is 7.92. The smallest absolute Gasteiger partial charge is 0.323 e. The molecule has 0 saturated heterocycles. The van der Waals surface area contributed by atoms with E-state index in [9.17, 15) is 13.2 Å². The Kier molecular flexibility index (Phi) is 22.7. The summed E-state index contributed by atoms with van der Waals surface area (Å²) in [6.45, 7) is 0. The second-order valence-corrected chi connectivity index (χ2v) is 34.8. The lowest BCUT2D eigenvalue weighted by Crippen LogP contribution is -2.43. The van der Waals surface area contributed by atoms with Gasteiger partial charge in [-0.2, -0.15) is 0 Å². The molecule has 23 rings (SSSR count). The number of nitrogens with two attached hydrogens (primary N) is 3. The van der Waals surface area contributed by atoms with Gasteiger partial charge in [0.05, 0.1) is 74.5 Å². The fourth-order valence-electron chi connectivity index (χ4n) is 17.9. The molecule has 23 heteroatoms. The first kappa shape index (κ1) is 84.6. The maximum absolute atomic E-state index is 12.6. The molecule has 7 aromatic heterocycles. The number of carbonyl (C=O) groups excluding carboxylic acids is 1. The molecule has 3 fully saturated rings. The van der Waals surface area contributed by atoms with Crippen molar-refractivity contribution in [3.8, 4) is 130 Å². The number of anilines is 9. The predicted octanol–water partition coefficient (Wildman–Crippen LogP) is 24.0. The van der Waals surface area contributed by atoms with Gasteiger partial charge in [0.1, 0.15) is 17.5 Å². The number of nitrogens with one attached hydrogen (secondary N) is 6. The molecular weight excluding hydrogens is 1620 g/mol. The molecule has 22 nitrogen and oxygen atoms in total. The molecule has 0 bridgehead atoms. The molecule has 3 aliphatic heterocycles. The average Bonchev–Trinajstić information content (AvgIpc) is 1.59. The van der Waals surface area contributed by atoms with E-state index >= 15 is 0 Å². The Morgan fingerprint density at radius 1 is 0.341 bits per heavy atom. The molecule has 12 N–H and O–H groups in total. The lowest BCUT2D eigenvalue weighted by Gasteiger charge is -2.38. The lowest BCUT2D eigenvalue weighted by molar-refractivity contribution is 0.253. The number of rotatable bonds is 14. The van der Waals surface area contributed by atoms with Crippen LogP contribution in [0.1, 0.15) is 96.8 Å². The van der Waals surface area contributed by atoms with Gasteiger partial charge in [0.25, 0.3) is 0 Å². The summed E-state index contributed by atoms with van der Waals surface area (Å²) in [6.07, 6.45) is 19.8. The van der Waals surface area contributed by atoms with Gasteiger partial charge in [-0.05, 0) is 201 Å². The zero-order valence-electron chi connectivity index (χ0n) is 68.9. The molecule has 10 heterocycles. The van der Waals surface area contributed by atoms with Crippen molar-refractivity contribution < 1.29 is 13.2 Å². The van der Waals surface area contributed by atoms with Gasteiger partial charge >= 0.3 is 6.03 Å². The van der Waals surface area contributed by atoms with Crippen molar-refractivity contribution in [2.45, 2.75) is 96.7 Å². The fourth-order valence-corrected chi connectivity index (χ4v) is 18.4. The molecule has 0 atom stereocenters. The summed E-state index contributed by atoms with van der Waals surface area (Å²) in [6, 6.07) is 99.2. The van der Waals surface area contributed by atoms with Crippen LogP contribution in [0.15, 0.2) is 328 Å². The van der Waals surface area contributed by atoms with E-state index in [4.69, 9.17) is 42.1 Å². The van der Waals surface area contributed by atoms with Crippen LogP contribution in [-0.4, -0.2) is 69.3 Å². The SMILES string of the molecule is C.C.C.CS(=O)(=O)Nc1ccc(-c2nc3n(c2-c2ccc(C4(N)CCC4)cc2)-c2cccnc2Nc2ccccc2-3)cc1.NC1(c2ccc(-c3c(-c4ccc(-c5cccnc5)cc4)nc4n3-c3cccnc3Nc3ccccc3-4)cc2)CCC1.NC1(c2ccc(-c3c(-c4ccc(NC(=O)Nc5ccccc5)cc4)nc4n3-c3cccnc3Nc3ccccc3-4)cc2)CCC1. The number of amides is 2. The Bertz CT molecular complexity index is 7130. The molecule has 0 spiro atoms. The number of hydrogen-bond acceptors (Lipinski definition) is 16. The number of nitrogens with zero attached hydrogens (tertiary/aromatic N) is 10. The molecule has 129 heavy (non-hydrogen) atoms. The summed E-state index contributed by atoms with van der Waals surface area (Å²) in [5.41, 5.74) is 46.8. The number of imidazole rings is 3. The van der Waals surface area contributed by atoms with Gasteiger partial charge in [0, 0.05) is 115 Å². The van der Waals surface area contributed by atoms with E-state index < -0.39 is 10.0 Å². The van der Waals surface area contributed by atoms with E-state index in [0.29, 0.717) is 11.4 Å². The number of hydrogen-bond donors (Lipinski definition) is 9. The van der Waals surface area contributed by atoms with Crippen LogP contribution < -0.4 is 48.5 Å². The van der Waals surface area contributed by atoms with Crippen LogP contribution in [0.5, 0.6) is 0 Å². The van der Waals surface area contributed by atoms with Crippen LogP contribution in [-0.2, 0) is 26.6 Å². The highest BCUT2D eigenvalue weighted by Crippen LogP contribution is 2.51. The fraction of sp³-hybridized carbons (Fsp3) is 0.151. The first-order valence-electron chi connectivity index (χ1n) is 42.4. The second-order valence-electron chi connectivity index (χ2n) is 33.1. The van der Waals surface area contributed by atoms with E-state index in [0.717, 1.165) is 239 Å². The van der Waals surface area contributed by atoms with Crippen LogP contribution in [0.2, 0.25) is 0 Å². The van der Waals surface area contributed by atoms with Crippen molar-refractivity contribution in [3.05, 3.63) is 345 Å². The number of sulfonamides is 1. The number of benzene rings is 10. The van der Waals surface area contributed by atoms with Gasteiger partial charge in [0.15, 0.2) is 17.5 Å². The van der Waals surface area contributed by atoms with E-state index in [1.54, 1.807) is 30.7 Å². The molecule has 0 unspecified atom stereocenters. The van der Waals surface area contributed by atoms with Crippen molar-refractivity contribution in [2.75, 3.05) is 37.6 Å². The quantitative estimate of drug-likeness (QED) is 0.0489. The van der Waals surface area contributed by atoms with E-state index in [1.165, 1.54) is 12.0 Å². The first-order chi connectivity index (χ1) is 61.5. The average molecular weight is 1720 g/mol. The van der Waals surface area contributed by atoms with Gasteiger partial charge in [-0.1, -0.05) is 204 Å². The van der Waals surface area contributed by atoms with Crippen molar-refractivity contribution >= 4 is 67.6 Å². The third-order valence-corrected chi connectivity index (χ3v) is 25.6. The van der Waals surface area contributed by atoms with Gasteiger partial charge in [-0.25, -0.2) is 43.1 Å². The zero-order valence-corrected chi connectivity index (χ0v) is 69.7. The number of urea groups is 1. The Morgan fingerprint density at radius 3 is 0.984 bits per heavy atom. The normalized spacial score (nSPS) is 14.2. The predicted molar refractivity (Wildman–Crippen MR) is 523 cm³/mol. The van der Waals surface area contributed by atoms with Gasteiger partial charge in [0.2, 0.25) is 10.0 Å². The molecule has 17 aromatic rings. The van der Waals surface area contributed by atoms with Crippen LogP contribution in [0, 0.1) is 0 Å². The minimum atomic E-state index is -3.39. The van der Waals surface area contributed by atoms with Gasteiger partial charge < -0.3 is 43.8 Å². The minimum Gasteiger partial charge on any atom is -0.338 e. The van der Waals surface area contributed by atoms with E-state index in [2.05, 4.69) is 201 Å². The summed E-state index contributed by atoms with van der Waals surface area (Å²) >= 11 is 0. The Labute approximate surface area is 751 Å². The zero-order chi connectivity index (χ0) is 85.3. The van der Waals surface area contributed by atoms with Crippen LogP contribution in [0.25, 0.3) is 130 Å². The molecule has 3 saturated carbocycles. The van der Waals surface area contributed by atoms with Gasteiger partial charge in [-0.3, -0.25) is 23.4 Å². The summed E-state index contributed by atoms with van der Waals surface area (Å²) in [4.78, 5) is 46.9. The maximum Gasteiger partial charge on any atom is 0.323 e. The van der Waals surface area contributed by atoms with Crippen LogP contribution >= 0.6 is 0 Å². The Hall–Kier alpha value is -15.3. The number of para-hydroxylation sites is 4. The van der Waals surface area contributed by atoms with E-state index in [-0.39, 0.29) is 44.9 Å². The summed E-state index contributed by atoms with van der Waals surface area (Å²) in [5.74, 6) is 4.76. The third kappa shape index (κ3) is 16.0. The first-order valence-corrected chi connectivity index (χ1v) is 44.3. The third-order valence-electron chi connectivity index (χ3n) is 25.0. The summed E-state index contributed by atoms with van der Waals surface area (Å²) in [7, 11) is -3.39. The van der Waals surface area contributed by atoms with Crippen molar-refractivity contribution in [2.24, 2.45) is 17.2 Å². The summed E-state index contributed by atoms with van der Waals surface area (Å²) in [5, 5.41) is 16.4. The number of pyridine rings is 4. The van der Waals surface area contributed by atoms with Gasteiger partial charge in [-0.15, -0.1) is 0 Å². The monoisotopic (exact) mass is 1720 g/mol. The topological polar surface area (TPSA) is 306 Å². The van der Waals surface area contributed by atoms with E-state index in [1.807, 2.05) is 152 Å². The highest BCUT2D eigenvalue weighted by Gasteiger charge is 2.39. The lowest BCUT2D eigenvalue weighted by atomic mass is 9.72. The van der Waals surface area contributed by atoms with Crippen molar-refractivity contribution in [3.63, 3.8) is 0 Å². The molecule has 3 aliphatic carbocycles. The number of aromatic nitrogens is 10. The second kappa shape index (κ2) is 34.6. The minimum absolute atomic E-state index is 0. The molecule has 6 aliphatic rings. The Morgan fingerprint density at radius 2 is 0.651 bits per heavy atom. The molecule has 642 valence electrons. The maximum atomic E-state index is 12.6. The van der Waals surface area contributed by atoms with Crippen LogP contribution in [0.3, 0.4) is 0 Å². The molecule has 2 amide bonds. The Balaban J connectivity index is 0.000000129. The van der Waals surface area contributed by atoms with Crippen LogP contribution in [0.4, 0.5) is 56.4 Å². The molecule has 0 radical (unpaired) electrons.